The van der Waals surface area contributed by atoms with Crippen molar-refractivity contribution in [2.75, 3.05) is 32.8 Å². The molecule has 0 saturated carbocycles. The van der Waals surface area contributed by atoms with Crippen LogP contribution < -0.4 is 5.32 Å². The summed E-state index contributed by atoms with van der Waals surface area (Å²) in [6.07, 6.45) is 4.15. The molecular weight excluding hydrogens is 216 g/mol. The number of aliphatic hydroxyl groups excluding tert-OH is 1. The summed E-state index contributed by atoms with van der Waals surface area (Å²) in [5.41, 5.74) is -0.563. The van der Waals surface area contributed by atoms with Crippen molar-refractivity contribution in [2.24, 2.45) is 5.92 Å². The van der Waals surface area contributed by atoms with Crippen molar-refractivity contribution >= 4 is 0 Å². The number of rotatable bonds is 3. The maximum Gasteiger partial charge on any atom is 0.0798 e. The quantitative estimate of drug-likeness (QED) is 0.661. The van der Waals surface area contributed by atoms with E-state index in [1.54, 1.807) is 0 Å². The average molecular weight is 242 g/mol. The van der Waals surface area contributed by atoms with Gasteiger partial charge in [-0.15, -0.1) is 0 Å². The molecule has 4 nitrogen and oxygen atoms in total. The third-order valence-corrected chi connectivity index (χ3v) is 4.39. The summed E-state index contributed by atoms with van der Waals surface area (Å²) in [6, 6.07) is 0.234. The number of nitrogens with one attached hydrogen (secondary N) is 1. The van der Waals surface area contributed by atoms with Crippen molar-refractivity contribution in [1.29, 1.82) is 0 Å². The van der Waals surface area contributed by atoms with E-state index < -0.39 is 5.60 Å². The van der Waals surface area contributed by atoms with Crippen LogP contribution in [-0.2, 0) is 0 Å². The van der Waals surface area contributed by atoms with Crippen LogP contribution in [0.5, 0.6) is 0 Å². The molecule has 0 aromatic heterocycles. The first kappa shape index (κ1) is 13.3. The molecule has 3 unspecified atom stereocenters. The third-order valence-electron chi connectivity index (χ3n) is 4.39. The molecule has 0 spiro atoms. The Hall–Kier alpha value is -0.160. The van der Waals surface area contributed by atoms with Gasteiger partial charge in [-0.05, 0) is 51.6 Å². The maximum atomic E-state index is 10.5. The Morgan fingerprint density at radius 1 is 1.47 bits per heavy atom. The predicted octanol–water partition coefficient (Wildman–Crippen LogP) is 0.194. The molecule has 2 aliphatic rings. The van der Waals surface area contributed by atoms with E-state index in [9.17, 15) is 5.11 Å². The molecule has 2 aliphatic heterocycles. The Bertz CT molecular complexity index is 244. The van der Waals surface area contributed by atoms with Gasteiger partial charge in [0.25, 0.3) is 0 Å². The zero-order valence-electron chi connectivity index (χ0n) is 10.9. The normalized spacial score (nSPS) is 40.4. The second-order valence-electron chi connectivity index (χ2n) is 5.84. The van der Waals surface area contributed by atoms with Crippen molar-refractivity contribution in [2.45, 2.75) is 44.2 Å². The number of hydrogen-bond acceptors (Lipinski definition) is 4. The number of aliphatic hydroxyl groups is 2. The van der Waals surface area contributed by atoms with E-state index >= 15 is 0 Å². The largest absolute Gasteiger partial charge is 0.396 e. The third kappa shape index (κ3) is 3.19. The van der Waals surface area contributed by atoms with Gasteiger partial charge in [-0.1, -0.05) is 0 Å². The molecule has 3 N–H and O–H groups in total. The Morgan fingerprint density at radius 3 is 3.00 bits per heavy atom. The first-order valence-corrected chi connectivity index (χ1v) is 6.91. The van der Waals surface area contributed by atoms with E-state index in [0.29, 0.717) is 5.92 Å². The van der Waals surface area contributed by atoms with Gasteiger partial charge >= 0.3 is 0 Å². The van der Waals surface area contributed by atoms with Crippen LogP contribution in [0.1, 0.15) is 32.6 Å². The lowest BCUT2D eigenvalue weighted by molar-refractivity contribution is -0.0646. The van der Waals surface area contributed by atoms with Gasteiger partial charge in [0.05, 0.1) is 11.6 Å². The highest BCUT2D eigenvalue weighted by atomic mass is 16.3. The standard InChI is InChI=1S/C13H26N2O2/c1-13(17)5-6-14-9-12(13)15-7-2-3-11(10-15)4-8-16/h11-12,14,16-17H,2-10H2,1H3. The lowest BCUT2D eigenvalue weighted by Gasteiger charge is -2.47. The molecule has 100 valence electrons. The van der Waals surface area contributed by atoms with Crippen molar-refractivity contribution in [3.05, 3.63) is 0 Å². The van der Waals surface area contributed by atoms with Gasteiger partial charge in [0.2, 0.25) is 0 Å². The molecule has 0 aromatic carbocycles. The first-order chi connectivity index (χ1) is 8.13. The maximum absolute atomic E-state index is 10.5. The second kappa shape index (κ2) is 5.65. The molecular formula is C13H26N2O2. The molecule has 17 heavy (non-hydrogen) atoms. The van der Waals surface area contributed by atoms with Crippen LogP contribution in [0.4, 0.5) is 0 Å². The summed E-state index contributed by atoms with van der Waals surface area (Å²) < 4.78 is 0. The first-order valence-electron chi connectivity index (χ1n) is 6.91. The Kier molecular flexibility index (Phi) is 4.42. The van der Waals surface area contributed by atoms with Gasteiger partial charge in [-0.25, -0.2) is 0 Å². The second-order valence-corrected chi connectivity index (χ2v) is 5.84. The molecule has 3 atom stereocenters. The summed E-state index contributed by atoms with van der Waals surface area (Å²) in [5.74, 6) is 0.603. The number of hydrogen-bond donors (Lipinski definition) is 3. The zero-order valence-corrected chi connectivity index (χ0v) is 10.9. The Morgan fingerprint density at radius 2 is 2.29 bits per heavy atom. The SMILES string of the molecule is CC1(O)CCNCC1N1CCCC(CCO)C1. The number of piperidine rings is 2. The van der Waals surface area contributed by atoms with Crippen molar-refractivity contribution < 1.29 is 10.2 Å². The minimum Gasteiger partial charge on any atom is -0.396 e. The van der Waals surface area contributed by atoms with Gasteiger partial charge < -0.3 is 15.5 Å². The van der Waals surface area contributed by atoms with Gasteiger partial charge in [0.15, 0.2) is 0 Å². The molecule has 0 amide bonds. The topological polar surface area (TPSA) is 55.7 Å². The monoisotopic (exact) mass is 242 g/mol. The molecule has 0 radical (unpaired) electrons. The van der Waals surface area contributed by atoms with Gasteiger partial charge in [0.1, 0.15) is 0 Å². The zero-order chi connectivity index (χ0) is 12.3. The lowest BCUT2D eigenvalue weighted by atomic mass is 9.85. The molecule has 4 heteroatoms. The summed E-state index contributed by atoms with van der Waals surface area (Å²) in [6.45, 7) is 6.18. The fourth-order valence-corrected chi connectivity index (χ4v) is 3.29. The van der Waals surface area contributed by atoms with E-state index in [1.807, 2.05) is 6.92 Å². The number of nitrogens with zero attached hydrogens (tertiary/aromatic N) is 1. The smallest absolute Gasteiger partial charge is 0.0798 e. The van der Waals surface area contributed by atoms with Gasteiger partial charge in [-0.2, -0.15) is 0 Å². The fraction of sp³-hybridized carbons (Fsp3) is 1.00. The number of likely N-dealkylation sites (tertiary alicyclic amines) is 1. The van der Waals surface area contributed by atoms with Crippen LogP contribution in [0.25, 0.3) is 0 Å². The van der Waals surface area contributed by atoms with Crippen molar-refractivity contribution in [3.8, 4) is 0 Å². The van der Waals surface area contributed by atoms with E-state index in [1.165, 1.54) is 12.8 Å². The molecule has 2 saturated heterocycles. The van der Waals surface area contributed by atoms with Crippen molar-refractivity contribution in [1.82, 2.24) is 10.2 Å². The molecule has 2 heterocycles. The van der Waals surface area contributed by atoms with Crippen LogP contribution in [0.3, 0.4) is 0 Å². The average Bonchev–Trinajstić information content (AvgIpc) is 2.29. The Balaban J connectivity index is 1.95. The summed E-state index contributed by atoms with van der Waals surface area (Å²) >= 11 is 0. The highest BCUT2D eigenvalue weighted by molar-refractivity contribution is 4.96. The predicted molar refractivity (Wildman–Crippen MR) is 67.9 cm³/mol. The molecule has 0 bridgehead atoms. The molecule has 0 aromatic rings. The van der Waals surface area contributed by atoms with Gasteiger partial charge in [0, 0.05) is 19.7 Å². The van der Waals surface area contributed by atoms with E-state index in [0.717, 1.165) is 39.0 Å². The van der Waals surface area contributed by atoms with Crippen LogP contribution in [0, 0.1) is 5.92 Å². The molecule has 2 fully saturated rings. The fourth-order valence-electron chi connectivity index (χ4n) is 3.29. The van der Waals surface area contributed by atoms with E-state index in [2.05, 4.69) is 10.2 Å². The summed E-state index contributed by atoms with van der Waals surface area (Å²) in [5, 5.41) is 22.9. The van der Waals surface area contributed by atoms with Crippen LogP contribution >= 0.6 is 0 Å². The van der Waals surface area contributed by atoms with Crippen molar-refractivity contribution in [3.63, 3.8) is 0 Å². The summed E-state index contributed by atoms with van der Waals surface area (Å²) in [4.78, 5) is 2.43. The highest BCUT2D eigenvalue weighted by Gasteiger charge is 2.39. The van der Waals surface area contributed by atoms with Gasteiger partial charge in [-0.3, -0.25) is 4.90 Å². The Labute approximate surface area is 104 Å². The minimum atomic E-state index is -0.563. The minimum absolute atomic E-state index is 0.234. The molecule has 2 rings (SSSR count). The van der Waals surface area contributed by atoms with Crippen LogP contribution in [0.15, 0.2) is 0 Å². The van der Waals surface area contributed by atoms with E-state index in [4.69, 9.17) is 5.11 Å². The van der Waals surface area contributed by atoms with E-state index in [-0.39, 0.29) is 12.6 Å². The summed E-state index contributed by atoms with van der Waals surface area (Å²) in [7, 11) is 0. The van der Waals surface area contributed by atoms with Crippen LogP contribution in [0.2, 0.25) is 0 Å². The lowest BCUT2D eigenvalue weighted by Crippen LogP contribution is -2.61. The molecule has 0 aliphatic carbocycles. The highest BCUT2D eigenvalue weighted by Crippen LogP contribution is 2.28. The van der Waals surface area contributed by atoms with Crippen LogP contribution in [-0.4, -0.2) is 59.5 Å².